The summed E-state index contributed by atoms with van der Waals surface area (Å²) in [6.45, 7) is 4.60. The van der Waals surface area contributed by atoms with E-state index >= 15 is 0 Å². The smallest absolute Gasteiger partial charge is 0.308 e. The van der Waals surface area contributed by atoms with Crippen LogP contribution in [0.5, 0.6) is 5.75 Å². The Labute approximate surface area is 142 Å². The van der Waals surface area contributed by atoms with Gasteiger partial charge in [-0.25, -0.2) is 0 Å². The zero-order valence-corrected chi connectivity index (χ0v) is 13.9. The molecule has 0 amide bonds. The van der Waals surface area contributed by atoms with Gasteiger partial charge in [-0.15, -0.1) is 0 Å². The van der Waals surface area contributed by atoms with Gasteiger partial charge in [-0.2, -0.15) is 0 Å². The van der Waals surface area contributed by atoms with Crippen molar-refractivity contribution in [2.45, 2.75) is 19.4 Å². The largest absolute Gasteiger partial charge is 0.494 e. The van der Waals surface area contributed by atoms with E-state index in [1.165, 1.54) is 5.56 Å². The fraction of sp³-hybridized carbons (Fsp3) is 0.350. The van der Waals surface area contributed by atoms with Crippen LogP contribution in [-0.4, -0.2) is 35.7 Å². The maximum Gasteiger partial charge on any atom is 0.308 e. The van der Waals surface area contributed by atoms with Crippen LogP contribution in [0.2, 0.25) is 0 Å². The normalized spacial score (nSPS) is 20.9. The zero-order valence-electron chi connectivity index (χ0n) is 13.9. The molecule has 0 radical (unpaired) electrons. The van der Waals surface area contributed by atoms with Gasteiger partial charge in [-0.05, 0) is 24.1 Å². The second-order valence-corrected chi connectivity index (χ2v) is 6.20. The van der Waals surface area contributed by atoms with Crippen molar-refractivity contribution >= 4 is 5.97 Å². The monoisotopic (exact) mass is 325 g/mol. The molecular weight excluding hydrogens is 302 g/mol. The molecule has 1 N–H and O–H groups in total. The van der Waals surface area contributed by atoms with Crippen molar-refractivity contribution in [2.75, 3.05) is 19.7 Å². The van der Waals surface area contributed by atoms with E-state index in [2.05, 4.69) is 17.0 Å². The number of hydrogen-bond donors (Lipinski definition) is 1. The molecule has 1 fully saturated rings. The first kappa shape index (κ1) is 16.5. The molecule has 2 aromatic carbocycles. The van der Waals surface area contributed by atoms with Crippen LogP contribution in [0.4, 0.5) is 0 Å². The lowest BCUT2D eigenvalue weighted by atomic mass is 9.88. The lowest BCUT2D eigenvalue weighted by Gasteiger charge is -2.19. The van der Waals surface area contributed by atoms with E-state index in [1.807, 2.05) is 49.4 Å². The minimum absolute atomic E-state index is 0.0473. The zero-order chi connectivity index (χ0) is 16.9. The number of carboxylic acids is 1. The van der Waals surface area contributed by atoms with E-state index in [4.69, 9.17) is 4.74 Å². The molecule has 4 nitrogen and oxygen atoms in total. The molecule has 0 spiro atoms. The van der Waals surface area contributed by atoms with Crippen LogP contribution in [0.3, 0.4) is 0 Å². The van der Waals surface area contributed by atoms with Crippen LogP contribution >= 0.6 is 0 Å². The summed E-state index contributed by atoms with van der Waals surface area (Å²) in [5, 5.41) is 9.68. The van der Waals surface area contributed by atoms with E-state index in [9.17, 15) is 9.90 Å². The fourth-order valence-electron chi connectivity index (χ4n) is 3.50. The standard InChI is InChI=1S/C20H23NO3/c1-2-24-19-11-7-6-10-16(19)17-13-21(14-18(17)20(22)23)12-15-8-4-3-5-9-15/h3-11,17-18H,2,12-14H2,1H3,(H,22,23). The molecule has 0 aromatic heterocycles. The molecule has 4 heteroatoms. The van der Waals surface area contributed by atoms with E-state index < -0.39 is 11.9 Å². The molecule has 2 aromatic rings. The molecule has 1 aliphatic rings. The summed E-state index contributed by atoms with van der Waals surface area (Å²) >= 11 is 0. The van der Waals surface area contributed by atoms with Crippen LogP contribution in [0.25, 0.3) is 0 Å². The van der Waals surface area contributed by atoms with Crippen molar-refractivity contribution in [3.05, 3.63) is 65.7 Å². The van der Waals surface area contributed by atoms with Gasteiger partial charge in [-0.3, -0.25) is 9.69 Å². The van der Waals surface area contributed by atoms with Gasteiger partial charge in [0.2, 0.25) is 0 Å². The van der Waals surface area contributed by atoms with Crippen molar-refractivity contribution in [2.24, 2.45) is 5.92 Å². The minimum Gasteiger partial charge on any atom is -0.494 e. The van der Waals surface area contributed by atoms with Gasteiger partial charge in [0, 0.05) is 25.6 Å². The Hall–Kier alpha value is -2.33. The average Bonchev–Trinajstić information content (AvgIpc) is 3.00. The minimum atomic E-state index is -0.734. The molecule has 3 rings (SSSR count). The van der Waals surface area contributed by atoms with E-state index in [1.54, 1.807) is 0 Å². The Morgan fingerprint density at radius 3 is 2.54 bits per heavy atom. The molecule has 2 atom stereocenters. The average molecular weight is 325 g/mol. The summed E-state index contributed by atoms with van der Waals surface area (Å²) in [6, 6.07) is 18.0. The predicted octanol–water partition coefficient (Wildman–Crippen LogP) is 3.39. The van der Waals surface area contributed by atoms with E-state index in [0.29, 0.717) is 13.2 Å². The Morgan fingerprint density at radius 2 is 1.83 bits per heavy atom. The Kier molecular flexibility index (Phi) is 5.16. The second kappa shape index (κ2) is 7.49. The maximum atomic E-state index is 11.8. The maximum absolute atomic E-state index is 11.8. The summed E-state index contributed by atoms with van der Waals surface area (Å²) in [7, 11) is 0. The van der Waals surface area contributed by atoms with Gasteiger partial charge >= 0.3 is 5.97 Å². The predicted molar refractivity (Wildman–Crippen MR) is 93.2 cm³/mol. The lowest BCUT2D eigenvalue weighted by molar-refractivity contribution is -0.141. The van der Waals surface area contributed by atoms with E-state index in [0.717, 1.165) is 24.4 Å². The molecule has 2 unspecified atom stereocenters. The molecular formula is C20H23NO3. The fourth-order valence-corrected chi connectivity index (χ4v) is 3.50. The van der Waals surface area contributed by atoms with Crippen LogP contribution in [-0.2, 0) is 11.3 Å². The lowest BCUT2D eigenvalue weighted by Crippen LogP contribution is -2.23. The van der Waals surface area contributed by atoms with Gasteiger partial charge in [0.1, 0.15) is 5.75 Å². The van der Waals surface area contributed by atoms with Crippen LogP contribution < -0.4 is 4.74 Å². The number of aliphatic carboxylic acids is 1. The summed E-state index contributed by atoms with van der Waals surface area (Å²) in [5.41, 5.74) is 2.21. The number of carboxylic acid groups (broad SMARTS) is 1. The molecule has 0 saturated carbocycles. The third kappa shape index (κ3) is 3.60. The molecule has 1 aliphatic heterocycles. The molecule has 24 heavy (non-hydrogen) atoms. The van der Waals surface area contributed by atoms with Crippen LogP contribution in [0.15, 0.2) is 54.6 Å². The SMILES string of the molecule is CCOc1ccccc1C1CN(Cc2ccccc2)CC1C(=O)O. The highest BCUT2D eigenvalue weighted by Crippen LogP contribution is 2.38. The number of rotatable bonds is 6. The molecule has 1 saturated heterocycles. The van der Waals surface area contributed by atoms with Gasteiger partial charge in [-0.1, -0.05) is 48.5 Å². The van der Waals surface area contributed by atoms with E-state index in [-0.39, 0.29) is 5.92 Å². The number of ether oxygens (including phenoxy) is 1. The van der Waals surface area contributed by atoms with Crippen molar-refractivity contribution in [3.8, 4) is 5.75 Å². The van der Waals surface area contributed by atoms with Gasteiger partial charge in [0.25, 0.3) is 0 Å². The number of para-hydroxylation sites is 1. The topological polar surface area (TPSA) is 49.8 Å². The first-order chi connectivity index (χ1) is 11.7. The highest BCUT2D eigenvalue weighted by molar-refractivity contribution is 5.72. The molecule has 0 aliphatic carbocycles. The molecule has 126 valence electrons. The van der Waals surface area contributed by atoms with Crippen molar-refractivity contribution in [1.82, 2.24) is 4.90 Å². The highest BCUT2D eigenvalue weighted by Gasteiger charge is 2.39. The number of carbonyl (C=O) groups is 1. The van der Waals surface area contributed by atoms with Crippen molar-refractivity contribution in [3.63, 3.8) is 0 Å². The number of hydrogen-bond acceptors (Lipinski definition) is 3. The second-order valence-electron chi connectivity index (χ2n) is 6.20. The van der Waals surface area contributed by atoms with Gasteiger partial charge in [0.15, 0.2) is 0 Å². The first-order valence-electron chi connectivity index (χ1n) is 8.40. The van der Waals surface area contributed by atoms with Gasteiger partial charge in [0.05, 0.1) is 12.5 Å². The Morgan fingerprint density at radius 1 is 1.12 bits per heavy atom. The third-order valence-corrected chi connectivity index (χ3v) is 4.58. The quantitative estimate of drug-likeness (QED) is 0.884. The van der Waals surface area contributed by atoms with Crippen LogP contribution in [0.1, 0.15) is 24.0 Å². The number of likely N-dealkylation sites (tertiary alicyclic amines) is 1. The summed E-state index contributed by atoms with van der Waals surface area (Å²) in [4.78, 5) is 14.0. The Balaban J connectivity index is 1.83. The van der Waals surface area contributed by atoms with Crippen molar-refractivity contribution < 1.29 is 14.6 Å². The molecule has 0 bridgehead atoms. The van der Waals surface area contributed by atoms with Crippen LogP contribution in [0, 0.1) is 5.92 Å². The highest BCUT2D eigenvalue weighted by atomic mass is 16.5. The Bertz CT molecular complexity index is 686. The molecule has 1 heterocycles. The third-order valence-electron chi connectivity index (χ3n) is 4.58. The van der Waals surface area contributed by atoms with Gasteiger partial charge < -0.3 is 9.84 Å². The number of benzene rings is 2. The summed E-state index contributed by atoms with van der Waals surface area (Å²) in [6.07, 6.45) is 0. The summed E-state index contributed by atoms with van der Waals surface area (Å²) < 4.78 is 5.72. The number of nitrogens with zero attached hydrogens (tertiary/aromatic N) is 1. The first-order valence-corrected chi connectivity index (χ1v) is 8.40. The summed E-state index contributed by atoms with van der Waals surface area (Å²) in [5.74, 6) is -0.385. The van der Waals surface area contributed by atoms with Crippen molar-refractivity contribution in [1.29, 1.82) is 0 Å².